The van der Waals surface area contributed by atoms with Crippen molar-refractivity contribution in [2.24, 2.45) is 0 Å². The highest BCUT2D eigenvalue weighted by molar-refractivity contribution is 6.30. The number of halogens is 1. The number of phenolic OH excluding ortho intramolecular Hbond substituents is 1. The predicted octanol–water partition coefficient (Wildman–Crippen LogP) is 4.45. The number of phenols is 1. The van der Waals surface area contributed by atoms with Crippen LogP contribution in [-0.2, 0) is 6.54 Å². The minimum absolute atomic E-state index is 0.0573. The van der Waals surface area contributed by atoms with E-state index in [0.29, 0.717) is 36.0 Å². The largest absolute Gasteiger partial charge is 0.504 e. The van der Waals surface area contributed by atoms with Crippen LogP contribution in [0.5, 0.6) is 11.5 Å². The van der Waals surface area contributed by atoms with Gasteiger partial charge in [0.05, 0.1) is 6.54 Å². The lowest BCUT2D eigenvalue weighted by molar-refractivity contribution is 0.0732. The molecule has 1 aliphatic heterocycles. The van der Waals surface area contributed by atoms with Crippen LogP contribution < -0.4 is 4.74 Å². The highest BCUT2D eigenvalue weighted by Crippen LogP contribution is 2.38. The van der Waals surface area contributed by atoms with Crippen LogP contribution in [-0.4, -0.2) is 34.0 Å². The predicted molar refractivity (Wildman–Crippen MR) is 108 cm³/mol. The van der Waals surface area contributed by atoms with Gasteiger partial charge in [0.1, 0.15) is 6.61 Å². The summed E-state index contributed by atoms with van der Waals surface area (Å²) in [6.07, 6.45) is 3.30. The first-order chi connectivity index (χ1) is 13.5. The van der Waals surface area contributed by atoms with Crippen molar-refractivity contribution in [3.63, 3.8) is 0 Å². The number of aryl methyl sites for hydroxylation is 1. The van der Waals surface area contributed by atoms with Gasteiger partial charge in [-0.2, -0.15) is 0 Å². The Morgan fingerprint density at radius 3 is 2.86 bits per heavy atom. The molecule has 28 heavy (non-hydrogen) atoms. The summed E-state index contributed by atoms with van der Waals surface area (Å²) in [5, 5.41) is 11.1. The number of carbonyl (C=O) groups excluding carboxylic acids is 1. The van der Waals surface area contributed by atoms with Crippen molar-refractivity contribution in [2.75, 3.05) is 13.2 Å². The number of ether oxygens (including phenoxy) is 1. The third kappa shape index (κ3) is 3.53. The lowest BCUT2D eigenvalue weighted by Gasteiger charge is -2.21. The summed E-state index contributed by atoms with van der Waals surface area (Å²) in [7, 11) is 0. The summed E-state index contributed by atoms with van der Waals surface area (Å²) in [6.45, 7) is 2.96. The number of fused-ring (bicyclic) bond motifs is 1. The van der Waals surface area contributed by atoms with Crippen LogP contribution in [0, 0.1) is 6.92 Å². The molecule has 2 aromatic carbocycles. The number of carbonyl (C=O) groups is 1. The molecule has 2 heterocycles. The standard InChI is InChI=1S/C22H19ClN2O3/c1-14-12-24-6-5-19(14)22(27)25-7-8-28-21-17(13-25)9-16(11-20(21)26)15-3-2-4-18(23)10-15/h2-6,9-12,26H,7-8,13H2,1H3. The van der Waals surface area contributed by atoms with Crippen molar-refractivity contribution in [2.45, 2.75) is 13.5 Å². The number of amides is 1. The van der Waals surface area contributed by atoms with Crippen LogP contribution in [0.4, 0.5) is 0 Å². The molecule has 0 bridgehead atoms. The quantitative estimate of drug-likeness (QED) is 0.697. The van der Waals surface area contributed by atoms with E-state index in [-0.39, 0.29) is 11.7 Å². The second-order valence-electron chi connectivity index (χ2n) is 6.76. The molecule has 0 spiro atoms. The normalized spacial score (nSPS) is 13.4. The molecule has 3 aromatic rings. The van der Waals surface area contributed by atoms with E-state index >= 15 is 0 Å². The Balaban J connectivity index is 1.71. The van der Waals surface area contributed by atoms with E-state index < -0.39 is 0 Å². The van der Waals surface area contributed by atoms with Crippen LogP contribution in [0.15, 0.2) is 54.9 Å². The first kappa shape index (κ1) is 18.3. The van der Waals surface area contributed by atoms with Crippen molar-refractivity contribution in [1.82, 2.24) is 9.88 Å². The van der Waals surface area contributed by atoms with Gasteiger partial charge in [0.15, 0.2) is 11.5 Å². The van der Waals surface area contributed by atoms with Gasteiger partial charge < -0.3 is 14.7 Å². The van der Waals surface area contributed by atoms with Gasteiger partial charge in [0.25, 0.3) is 5.91 Å². The van der Waals surface area contributed by atoms with E-state index in [2.05, 4.69) is 4.98 Å². The minimum atomic E-state index is -0.0796. The fraction of sp³-hybridized carbons (Fsp3) is 0.182. The monoisotopic (exact) mass is 394 g/mol. The number of rotatable bonds is 2. The van der Waals surface area contributed by atoms with E-state index in [1.165, 1.54) is 0 Å². The molecule has 1 amide bonds. The second-order valence-corrected chi connectivity index (χ2v) is 7.20. The topological polar surface area (TPSA) is 62.7 Å². The van der Waals surface area contributed by atoms with Crippen molar-refractivity contribution in [3.8, 4) is 22.6 Å². The average Bonchev–Trinajstić information content (AvgIpc) is 2.91. The molecule has 0 aliphatic carbocycles. The molecule has 1 N–H and O–H groups in total. The maximum absolute atomic E-state index is 13.0. The van der Waals surface area contributed by atoms with Crippen LogP contribution in [0.1, 0.15) is 21.5 Å². The highest BCUT2D eigenvalue weighted by atomic mass is 35.5. The van der Waals surface area contributed by atoms with Gasteiger partial charge in [0.2, 0.25) is 0 Å². The van der Waals surface area contributed by atoms with Crippen molar-refractivity contribution in [1.29, 1.82) is 0 Å². The van der Waals surface area contributed by atoms with Gasteiger partial charge in [-0.1, -0.05) is 23.7 Å². The molecule has 0 saturated heterocycles. The zero-order chi connectivity index (χ0) is 19.7. The first-order valence-corrected chi connectivity index (χ1v) is 9.35. The minimum Gasteiger partial charge on any atom is -0.504 e. The van der Waals surface area contributed by atoms with Crippen molar-refractivity contribution < 1.29 is 14.6 Å². The molecule has 0 radical (unpaired) electrons. The lowest BCUT2D eigenvalue weighted by Crippen LogP contribution is -2.32. The Morgan fingerprint density at radius 2 is 2.07 bits per heavy atom. The average molecular weight is 395 g/mol. The molecule has 0 unspecified atom stereocenters. The molecule has 142 valence electrons. The molecule has 4 rings (SSSR count). The van der Waals surface area contributed by atoms with Crippen LogP contribution in [0.2, 0.25) is 5.02 Å². The maximum atomic E-state index is 13.0. The molecule has 0 saturated carbocycles. The van der Waals surface area contributed by atoms with E-state index in [1.807, 2.05) is 31.2 Å². The van der Waals surface area contributed by atoms with E-state index in [9.17, 15) is 9.90 Å². The van der Waals surface area contributed by atoms with Gasteiger partial charge in [0, 0.05) is 35.1 Å². The first-order valence-electron chi connectivity index (χ1n) is 8.97. The highest BCUT2D eigenvalue weighted by Gasteiger charge is 2.24. The zero-order valence-corrected chi connectivity index (χ0v) is 16.1. The summed E-state index contributed by atoms with van der Waals surface area (Å²) in [4.78, 5) is 18.8. The maximum Gasteiger partial charge on any atom is 0.254 e. The van der Waals surface area contributed by atoms with E-state index in [4.69, 9.17) is 16.3 Å². The molecule has 5 nitrogen and oxygen atoms in total. The molecular formula is C22H19ClN2O3. The van der Waals surface area contributed by atoms with Gasteiger partial charge >= 0.3 is 0 Å². The molecule has 0 fully saturated rings. The number of aromatic hydroxyl groups is 1. The van der Waals surface area contributed by atoms with Crippen LogP contribution in [0.3, 0.4) is 0 Å². The van der Waals surface area contributed by atoms with Gasteiger partial charge in [-0.3, -0.25) is 9.78 Å². The molecular weight excluding hydrogens is 376 g/mol. The van der Waals surface area contributed by atoms with Gasteiger partial charge in [-0.15, -0.1) is 0 Å². The number of hydrogen-bond donors (Lipinski definition) is 1. The Kier molecular flexibility index (Phi) is 4.92. The third-order valence-electron chi connectivity index (χ3n) is 4.81. The van der Waals surface area contributed by atoms with Crippen molar-refractivity contribution in [3.05, 3.63) is 76.6 Å². The Bertz CT molecular complexity index is 1050. The smallest absolute Gasteiger partial charge is 0.254 e. The number of hydrogen-bond acceptors (Lipinski definition) is 4. The van der Waals surface area contributed by atoms with Crippen molar-refractivity contribution >= 4 is 17.5 Å². The zero-order valence-electron chi connectivity index (χ0n) is 15.4. The van der Waals surface area contributed by atoms with Gasteiger partial charge in [-0.05, 0) is 53.9 Å². The summed E-state index contributed by atoms with van der Waals surface area (Å²) < 4.78 is 5.76. The third-order valence-corrected chi connectivity index (χ3v) is 5.05. The SMILES string of the molecule is Cc1cnccc1C(=O)N1CCOc2c(O)cc(-c3cccc(Cl)c3)cc2C1. The fourth-order valence-electron chi connectivity index (χ4n) is 3.39. The van der Waals surface area contributed by atoms with Crippen LogP contribution in [0.25, 0.3) is 11.1 Å². The fourth-order valence-corrected chi connectivity index (χ4v) is 3.58. The molecule has 1 aliphatic rings. The van der Waals surface area contributed by atoms with Gasteiger partial charge in [-0.25, -0.2) is 0 Å². The second kappa shape index (κ2) is 7.52. The molecule has 6 heteroatoms. The Labute approximate surface area is 168 Å². The summed E-state index contributed by atoms with van der Waals surface area (Å²) >= 11 is 6.11. The lowest BCUT2D eigenvalue weighted by atomic mass is 10.0. The summed E-state index contributed by atoms with van der Waals surface area (Å²) in [6, 6.07) is 12.7. The number of nitrogens with zero attached hydrogens (tertiary/aromatic N) is 2. The molecule has 0 atom stereocenters. The number of pyridine rings is 1. The van der Waals surface area contributed by atoms with Crippen LogP contribution >= 0.6 is 11.6 Å². The van der Waals surface area contributed by atoms with E-state index in [0.717, 1.165) is 22.3 Å². The summed E-state index contributed by atoms with van der Waals surface area (Å²) in [5.74, 6) is 0.401. The Morgan fingerprint density at radius 1 is 1.21 bits per heavy atom. The number of aromatic nitrogens is 1. The number of benzene rings is 2. The summed E-state index contributed by atoms with van der Waals surface area (Å²) in [5.41, 5.74) is 3.91. The Hall–Kier alpha value is -3.05. The molecule has 1 aromatic heterocycles. The van der Waals surface area contributed by atoms with E-state index in [1.54, 1.807) is 35.5 Å².